The maximum atomic E-state index is 5.94. The fourth-order valence-electron chi connectivity index (χ4n) is 3.63. The molecule has 2 heterocycles. The van der Waals surface area contributed by atoms with Gasteiger partial charge in [-0.05, 0) is 24.3 Å². The van der Waals surface area contributed by atoms with E-state index in [0.29, 0.717) is 18.3 Å². The molecule has 0 unspecified atom stereocenters. The van der Waals surface area contributed by atoms with E-state index in [9.17, 15) is 0 Å². The number of hydrogen-bond acceptors (Lipinski definition) is 9. The first-order valence-corrected chi connectivity index (χ1v) is 10.2. The fraction of sp³-hybridized carbons (Fsp3) is 0.318. The summed E-state index contributed by atoms with van der Waals surface area (Å²) in [7, 11) is 3.34. The van der Waals surface area contributed by atoms with E-state index < -0.39 is 0 Å². The lowest BCUT2D eigenvalue weighted by Crippen LogP contribution is -2.46. The minimum Gasteiger partial charge on any atom is -0.497 e. The highest BCUT2D eigenvalue weighted by Crippen LogP contribution is 2.28. The third kappa shape index (κ3) is 5.13. The number of nitrogens with zero attached hydrogens (tertiary/aromatic N) is 5. The Kier molecular flexibility index (Phi) is 6.32. The summed E-state index contributed by atoms with van der Waals surface area (Å²) >= 11 is 0. The standard InChI is InChI=1S/C22H27N7O2/c1-30-17-7-5-6-16(14-17)24-22-26-20(25-21(23)27-22)15-28-10-12-29(13-11-28)18-8-3-4-9-19(18)31-2/h3-9,14H,10-13,15H2,1-2H3,(H3,23,24,25,26,27). The van der Waals surface area contributed by atoms with Gasteiger partial charge >= 0.3 is 0 Å². The average Bonchev–Trinajstić information content (AvgIpc) is 2.79. The number of para-hydroxylation sites is 2. The molecule has 0 radical (unpaired) electrons. The second-order valence-corrected chi connectivity index (χ2v) is 7.23. The quantitative estimate of drug-likeness (QED) is 0.596. The molecule has 4 rings (SSSR count). The third-order valence-corrected chi connectivity index (χ3v) is 5.19. The summed E-state index contributed by atoms with van der Waals surface area (Å²) in [6, 6.07) is 15.7. The number of ether oxygens (including phenoxy) is 2. The second-order valence-electron chi connectivity index (χ2n) is 7.23. The molecule has 3 N–H and O–H groups in total. The molecule has 0 aliphatic carbocycles. The van der Waals surface area contributed by atoms with E-state index in [2.05, 4.69) is 36.1 Å². The number of anilines is 4. The van der Waals surface area contributed by atoms with Gasteiger partial charge in [0.2, 0.25) is 11.9 Å². The maximum absolute atomic E-state index is 5.94. The largest absolute Gasteiger partial charge is 0.497 e. The van der Waals surface area contributed by atoms with Crippen LogP contribution in [0.15, 0.2) is 48.5 Å². The number of benzene rings is 2. The number of methoxy groups -OCH3 is 2. The van der Waals surface area contributed by atoms with Crippen molar-refractivity contribution in [3.05, 3.63) is 54.4 Å². The Morgan fingerprint density at radius 2 is 1.74 bits per heavy atom. The summed E-state index contributed by atoms with van der Waals surface area (Å²) < 4.78 is 10.8. The second kappa shape index (κ2) is 9.48. The summed E-state index contributed by atoms with van der Waals surface area (Å²) in [6.45, 7) is 4.19. The van der Waals surface area contributed by atoms with Gasteiger partial charge in [0.25, 0.3) is 0 Å². The molecule has 0 atom stereocenters. The highest BCUT2D eigenvalue weighted by atomic mass is 16.5. The summed E-state index contributed by atoms with van der Waals surface area (Å²) in [5.41, 5.74) is 7.88. The zero-order valence-electron chi connectivity index (χ0n) is 17.8. The van der Waals surface area contributed by atoms with Crippen molar-refractivity contribution in [3.8, 4) is 11.5 Å². The van der Waals surface area contributed by atoms with Crippen LogP contribution in [0.1, 0.15) is 5.82 Å². The Bertz CT molecular complexity index is 1020. The molecule has 1 saturated heterocycles. The van der Waals surface area contributed by atoms with Gasteiger partial charge in [-0.2, -0.15) is 15.0 Å². The summed E-state index contributed by atoms with van der Waals surface area (Å²) in [5, 5.41) is 3.18. The molecule has 31 heavy (non-hydrogen) atoms. The van der Waals surface area contributed by atoms with Crippen LogP contribution in [0.2, 0.25) is 0 Å². The molecule has 0 spiro atoms. The predicted octanol–water partition coefficient (Wildman–Crippen LogP) is 2.54. The molecule has 3 aromatic rings. The van der Waals surface area contributed by atoms with Gasteiger partial charge < -0.3 is 25.4 Å². The van der Waals surface area contributed by atoms with Crippen LogP contribution in [0.4, 0.5) is 23.3 Å². The van der Waals surface area contributed by atoms with Crippen molar-refractivity contribution in [3.63, 3.8) is 0 Å². The van der Waals surface area contributed by atoms with Gasteiger partial charge in [-0.25, -0.2) is 0 Å². The first-order valence-electron chi connectivity index (χ1n) is 10.2. The van der Waals surface area contributed by atoms with Crippen LogP contribution < -0.4 is 25.4 Å². The lowest BCUT2D eigenvalue weighted by molar-refractivity contribution is 0.243. The van der Waals surface area contributed by atoms with Gasteiger partial charge in [-0.1, -0.05) is 18.2 Å². The summed E-state index contributed by atoms with van der Waals surface area (Å²) in [6.07, 6.45) is 0. The van der Waals surface area contributed by atoms with Crippen molar-refractivity contribution in [1.82, 2.24) is 19.9 Å². The van der Waals surface area contributed by atoms with Crippen molar-refractivity contribution in [2.45, 2.75) is 6.54 Å². The first kappa shape index (κ1) is 20.7. The fourth-order valence-corrected chi connectivity index (χ4v) is 3.63. The van der Waals surface area contributed by atoms with E-state index in [1.54, 1.807) is 14.2 Å². The number of nitrogen functional groups attached to an aromatic ring is 1. The van der Waals surface area contributed by atoms with Crippen molar-refractivity contribution in [2.75, 3.05) is 56.3 Å². The Hall–Kier alpha value is -3.59. The highest BCUT2D eigenvalue weighted by molar-refractivity contribution is 5.59. The van der Waals surface area contributed by atoms with Crippen LogP contribution in [-0.2, 0) is 6.54 Å². The lowest BCUT2D eigenvalue weighted by Gasteiger charge is -2.36. The molecule has 1 fully saturated rings. The van der Waals surface area contributed by atoms with Gasteiger partial charge in [-0.3, -0.25) is 4.90 Å². The Balaban J connectivity index is 1.40. The van der Waals surface area contributed by atoms with Gasteiger partial charge in [0, 0.05) is 37.9 Å². The number of aromatic nitrogens is 3. The maximum Gasteiger partial charge on any atom is 0.232 e. The molecular formula is C22H27N7O2. The van der Waals surface area contributed by atoms with E-state index >= 15 is 0 Å². The SMILES string of the molecule is COc1cccc(Nc2nc(N)nc(CN3CCN(c4ccccc4OC)CC3)n2)c1. The van der Waals surface area contributed by atoms with E-state index in [1.165, 1.54) is 0 Å². The average molecular weight is 422 g/mol. The Morgan fingerprint density at radius 1 is 0.935 bits per heavy atom. The predicted molar refractivity (Wildman–Crippen MR) is 121 cm³/mol. The topological polar surface area (TPSA) is 102 Å². The molecule has 162 valence electrons. The lowest BCUT2D eigenvalue weighted by atomic mass is 10.2. The monoisotopic (exact) mass is 421 g/mol. The molecule has 1 aliphatic rings. The van der Waals surface area contributed by atoms with Crippen molar-refractivity contribution < 1.29 is 9.47 Å². The Morgan fingerprint density at radius 3 is 2.52 bits per heavy atom. The van der Waals surface area contributed by atoms with Crippen LogP contribution in [0.3, 0.4) is 0 Å². The zero-order valence-corrected chi connectivity index (χ0v) is 17.8. The molecule has 0 saturated carbocycles. The van der Waals surface area contributed by atoms with E-state index in [-0.39, 0.29) is 5.95 Å². The van der Waals surface area contributed by atoms with E-state index in [4.69, 9.17) is 15.2 Å². The summed E-state index contributed by atoms with van der Waals surface area (Å²) in [4.78, 5) is 17.7. The zero-order chi connectivity index (χ0) is 21.6. The minimum absolute atomic E-state index is 0.197. The molecule has 9 heteroatoms. The van der Waals surface area contributed by atoms with Crippen molar-refractivity contribution in [1.29, 1.82) is 0 Å². The number of nitrogens with one attached hydrogen (secondary N) is 1. The number of rotatable bonds is 7. The third-order valence-electron chi connectivity index (χ3n) is 5.19. The molecular weight excluding hydrogens is 394 g/mol. The van der Waals surface area contributed by atoms with Crippen LogP contribution in [0.5, 0.6) is 11.5 Å². The highest BCUT2D eigenvalue weighted by Gasteiger charge is 2.20. The smallest absolute Gasteiger partial charge is 0.232 e. The van der Waals surface area contributed by atoms with Crippen LogP contribution in [-0.4, -0.2) is 60.3 Å². The molecule has 2 aromatic carbocycles. The van der Waals surface area contributed by atoms with Gasteiger partial charge in [0.1, 0.15) is 17.3 Å². The summed E-state index contributed by atoms with van der Waals surface area (Å²) in [5.74, 6) is 2.91. The van der Waals surface area contributed by atoms with Gasteiger partial charge in [-0.15, -0.1) is 0 Å². The molecule has 0 bridgehead atoms. The first-order chi connectivity index (χ1) is 15.1. The molecule has 0 amide bonds. The van der Waals surface area contributed by atoms with Gasteiger partial charge in [0.05, 0.1) is 26.5 Å². The van der Waals surface area contributed by atoms with Crippen LogP contribution >= 0.6 is 0 Å². The van der Waals surface area contributed by atoms with Crippen molar-refractivity contribution in [2.24, 2.45) is 0 Å². The normalized spacial score (nSPS) is 14.3. The van der Waals surface area contributed by atoms with E-state index in [1.807, 2.05) is 42.5 Å². The molecule has 1 aliphatic heterocycles. The Labute approximate surface area is 181 Å². The molecule has 1 aromatic heterocycles. The number of hydrogen-bond donors (Lipinski definition) is 2. The number of piperazine rings is 1. The van der Waals surface area contributed by atoms with E-state index in [0.717, 1.165) is 49.1 Å². The van der Waals surface area contributed by atoms with Crippen LogP contribution in [0, 0.1) is 0 Å². The minimum atomic E-state index is 0.197. The van der Waals surface area contributed by atoms with Crippen LogP contribution in [0.25, 0.3) is 0 Å². The number of nitrogens with two attached hydrogens (primary N) is 1. The molecule has 9 nitrogen and oxygen atoms in total. The van der Waals surface area contributed by atoms with Crippen molar-refractivity contribution >= 4 is 23.3 Å². The van der Waals surface area contributed by atoms with Gasteiger partial charge in [0.15, 0.2) is 0 Å².